The molecule has 3 rings (SSSR count). The van der Waals surface area contributed by atoms with Crippen LogP contribution in [0.4, 0.5) is 0 Å². The fourth-order valence-corrected chi connectivity index (χ4v) is 2.97. The number of fused-ring (bicyclic) bond motifs is 1. The normalized spacial score (nSPS) is 18.9. The number of piperidine rings is 1. The average molecular weight is 299 g/mol. The first kappa shape index (κ1) is 15.4. The summed E-state index contributed by atoms with van der Waals surface area (Å²) in [5.41, 5.74) is 6.94. The Morgan fingerprint density at radius 2 is 1.90 bits per heavy atom. The number of benzene rings is 1. The van der Waals surface area contributed by atoms with E-state index in [9.17, 15) is 0 Å². The van der Waals surface area contributed by atoms with Gasteiger partial charge >= 0.3 is 0 Å². The van der Waals surface area contributed by atoms with Crippen LogP contribution < -0.4 is 15.2 Å². The molecular formula is C15H23ClN2O2. The Kier molecular flexibility index (Phi) is 5.52. The fraction of sp³-hybridized carbons (Fsp3) is 0.600. The third kappa shape index (κ3) is 3.57. The van der Waals surface area contributed by atoms with Gasteiger partial charge in [0.15, 0.2) is 11.5 Å². The van der Waals surface area contributed by atoms with Crippen LogP contribution in [0.1, 0.15) is 24.8 Å². The summed E-state index contributed by atoms with van der Waals surface area (Å²) in [6, 6.07) is 6.26. The Morgan fingerprint density at radius 3 is 2.65 bits per heavy atom. The molecule has 1 aromatic rings. The van der Waals surface area contributed by atoms with E-state index in [0.29, 0.717) is 6.79 Å². The predicted molar refractivity (Wildman–Crippen MR) is 81.5 cm³/mol. The lowest BCUT2D eigenvalue weighted by Crippen LogP contribution is -2.33. The van der Waals surface area contributed by atoms with Crippen molar-refractivity contribution in [2.24, 2.45) is 11.7 Å². The minimum absolute atomic E-state index is 0. The van der Waals surface area contributed by atoms with Gasteiger partial charge in [-0.3, -0.25) is 4.90 Å². The van der Waals surface area contributed by atoms with Crippen molar-refractivity contribution in [2.75, 3.05) is 26.4 Å². The number of nitrogens with two attached hydrogens (primary N) is 1. The third-order valence-corrected chi connectivity index (χ3v) is 4.13. The maximum Gasteiger partial charge on any atom is 0.231 e. The van der Waals surface area contributed by atoms with E-state index in [1.165, 1.54) is 37.9 Å². The van der Waals surface area contributed by atoms with E-state index in [4.69, 9.17) is 15.2 Å². The van der Waals surface area contributed by atoms with Gasteiger partial charge in [-0.25, -0.2) is 0 Å². The van der Waals surface area contributed by atoms with Crippen LogP contribution >= 0.6 is 12.4 Å². The molecule has 0 saturated carbocycles. The molecule has 0 spiro atoms. The largest absolute Gasteiger partial charge is 0.454 e. The number of ether oxygens (including phenoxy) is 2. The zero-order valence-electron chi connectivity index (χ0n) is 11.7. The van der Waals surface area contributed by atoms with Crippen LogP contribution in [-0.4, -0.2) is 31.3 Å². The minimum Gasteiger partial charge on any atom is -0.454 e. The van der Waals surface area contributed by atoms with E-state index in [-0.39, 0.29) is 12.4 Å². The highest BCUT2D eigenvalue weighted by atomic mass is 35.5. The smallest absolute Gasteiger partial charge is 0.231 e. The molecule has 1 saturated heterocycles. The van der Waals surface area contributed by atoms with Crippen LogP contribution in [0.5, 0.6) is 11.5 Å². The van der Waals surface area contributed by atoms with E-state index in [0.717, 1.165) is 30.5 Å². The minimum atomic E-state index is 0. The molecule has 2 aliphatic rings. The number of rotatable bonds is 4. The van der Waals surface area contributed by atoms with Gasteiger partial charge in [0.1, 0.15) is 0 Å². The lowest BCUT2D eigenvalue weighted by Gasteiger charge is -2.31. The average Bonchev–Trinajstić information content (AvgIpc) is 2.89. The molecule has 0 atom stereocenters. The Bertz CT molecular complexity index is 434. The topological polar surface area (TPSA) is 47.7 Å². The molecule has 0 aliphatic carbocycles. The van der Waals surface area contributed by atoms with Gasteiger partial charge < -0.3 is 15.2 Å². The monoisotopic (exact) mass is 298 g/mol. The molecule has 2 N–H and O–H groups in total. The van der Waals surface area contributed by atoms with Crippen molar-refractivity contribution in [1.82, 2.24) is 4.90 Å². The second kappa shape index (κ2) is 7.16. The van der Waals surface area contributed by atoms with Gasteiger partial charge in [0.2, 0.25) is 6.79 Å². The van der Waals surface area contributed by atoms with E-state index in [2.05, 4.69) is 17.0 Å². The second-order valence-corrected chi connectivity index (χ2v) is 5.48. The fourth-order valence-electron chi connectivity index (χ4n) is 2.97. The number of hydrogen-bond donors (Lipinski definition) is 1. The summed E-state index contributed by atoms with van der Waals surface area (Å²) in [5.74, 6) is 2.58. The maximum absolute atomic E-state index is 5.63. The first-order chi connectivity index (χ1) is 9.35. The zero-order chi connectivity index (χ0) is 13.1. The zero-order valence-corrected chi connectivity index (χ0v) is 12.5. The molecule has 4 nitrogen and oxygen atoms in total. The quantitative estimate of drug-likeness (QED) is 0.927. The molecular weight excluding hydrogens is 276 g/mol. The van der Waals surface area contributed by atoms with E-state index in [1.54, 1.807) is 0 Å². The van der Waals surface area contributed by atoms with Gasteiger partial charge in [0, 0.05) is 6.54 Å². The summed E-state index contributed by atoms with van der Waals surface area (Å²) in [6.45, 7) is 4.54. The van der Waals surface area contributed by atoms with Gasteiger partial charge in [0.25, 0.3) is 0 Å². The number of hydrogen-bond acceptors (Lipinski definition) is 4. The molecule has 0 radical (unpaired) electrons. The Labute approximate surface area is 126 Å². The summed E-state index contributed by atoms with van der Waals surface area (Å²) in [7, 11) is 0. The molecule has 0 unspecified atom stereocenters. The van der Waals surface area contributed by atoms with Gasteiger partial charge in [-0.2, -0.15) is 0 Å². The lowest BCUT2D eigenvalue weighted by molar-refractivity contribution is 0.171. The Hall–Kier alpha value is -0.970. The van der Waals surface area contributed by atoms with Gasteiger partial charge in [-0.15, -0.1) is 12.4 Å². The molecule has 1 aromatic carbocycles. The molecule has 0 amide bonds. The SMILES string of the molecule is Cl.NCCC1CCN(Cc2ccc3c(c2)OCO3)CC1. The van der Waals surface area contributed by atoms with Crippen molar-refractivity contribution in [1.29, 1.82) is 0 Å². The number of likely N-dealkylation sites (tertiary alicyclic amines) is 1. The van der Waals surface area contributed by atoms with Gasteiger partial charge in [-0.05, 0) is 62.5 Å². The van der Waals surface area contributed by atoms with Crippen LogP contribution in [0.2, 0.25) is 0 Å². The molecule has 0 bridgehead atoms. The van der Waals surface area contributed by atoms with E-state index < -0.39 is 0 Å². The highest BCUT2D eigenvalue weighted by molar-refractivity contribution is 5.85. The molecule has 2 heterocycles. The van der Waals surface area contributed by atoms with Gasteiger partial charge in [0.05, 0.1) is 0 Å². The Balaban J connectivity index is 0.00000147. The third-order valence-electron chi connectivity index (χ3n) is 4.13. The van der Waals surface area contributed by atoms with Crippen molar-refractivity contribution in [2.45, 2.75) is 25.8 Å². The Morgan fingerprint density at radius 1 is 1.15 bits per heavy atom. The van der Waals surface area contributed by atoms with Crippen molar-refractivity contribution < 1.29 is 9.47 Å². The molecule has 5 heteroatoms. The van der Waals surface area contributed by atoms with Crippen molar-refractivity contribution in [3.8, 4) is 11.5 Å². The summed E-state index contributed by atoms with van der Waals surface area (Å²) < 4.78 is 10.8. The molecule has 1 fully saturated rings. The summed E-state index contributed by atoms with van der Waals surface area (Å²) in [6.07, 6.45) is 3.74. The van der Waals surface area contributed by atoms with Crippen molar-refractivity contribution in [3.05, 3.63) is 23.8 Å². The van der Waals surface area contributed by atoms with Crippen LogP contribution in [0.15, 0.2) is 18.2 Å². The van der Waals surface area contributed by atoms with Gasteiger partial charge in [-0.1, -0.05) is 6.07 Å². The highest BCUT2D eigenvalue weighted by Crippen LogP contribution is 2.33. The standard InChI is InChI=1S/C15H22N2O2.ClH/c16-6-3-12-4-7-17(8-5-12)10-13-1-2-14-15(9-13)19-11-18-14;/h1-2,9,12H,3-8,10-11,16H2;1H. The van der Waals surface area contributed by atoms with Crippen molar-refractivity contribution >= 4 is 12.4 Å². The summed E-state index contributed by atoms with van der Waals surface area (Å²) >= 11 is 0. The molecule has 2 aliphatic heterocycles. The first-order valence-electron chi connectivity index (χ1n) is 7.16. The number of halogens is 1. The van der Waals surface area contributed by atoms with Crippen LogP contribution in [0.3, 0.4) is 0 Å². The molecule has 112 valence electrons. The molecule has 20 heavy (non-hydrogen) atoms. The predicted octanol–water partition coefficient (Wildman–Crippen LogP) is 2.40. The first-order valence-corrected chi connectivity index (χ1v) is 7.16. The van der Waals surface area contributed by atoms with Crippen LogP contribution in [-0.2, 0) is 6.54 Å². The lowest BCUT2D eigenvalue weighted by atomic mass is 9.93. The van der Waals surface area contributed by atoms with Crippen LogP contribution in [0.25, 0.3) is 0 Å². The van der Waals surface area contributed by atoms with Crippen molar-refractivity contribution in [3.63, 3.8) is 0 Å². The highest BCUT2D eigenvalue weighted by Gasteiger charge is 2.19. The molecule has 0 aromatic heterocycles. The summed E-state index contributed by atoms with van der Waals surface area (Å²) in [5, 5.41) is 0. The summed E-state index contributed by atoms with van der Waals surface area (Å²) in [4.78, 5) is 2.52. The maximum atomic E-state index is 5.63. The number of nitrogens with zero attached hydrogens (tertiary/aromatic N) is 1. The van der Waals surface area contributed by atoms with Crippen LogP contribution in [0, 0.1) is 5.92 Å². The van der Waals surface area contributed by atoms with E-state index >= 15 is 0 Å². The second-order valence-electron chi connectivity index (χ2n) is 5.48. The van der Waals surface area contributed by atoms with E-state index in [1.807, 2.05) is 6.07 Å².